The molecule has 2 heterocycles. The Labute approximate surface area is 136 Å². The zero-order valence-electron chi connectivity index (χ0n) is 13.4. The molecule has 5 heteroatoms. The van der Waals surface area contributed by atoms with Crippen molar-refractivity contribution >= 4 is 29.0 Å². The first-order valence-electron chi connectivity index (χ1n) is 7.75. The van der Waals surface area contributed by atoms with E-state index in [0.29, 0.717) is 0 Å². The molecule has 21 heavy (non-hydrogen) atoms. The molecule has 0 aromatic carbocycles. The minimum atomic E-state index is -0.0367. The van der Waals surface area contributed by atoms with Gasteiger partial charge in [0, 0.05) is 16.2 Å². The van der Waals surface area contributed by atoms with E-state index in [1.807, 2.05) is 11.8 Å². The van der Waals surface area contributed by atoms with E-state index in [2.05, 4.69) is 54.8 Å². The Morgan fingerprint density at radius 2 is 2.10 bits per heavy atom. The Morgan fingerprint density at radius 1 is 1.38 bits per heavy atom. The van der Waals surface area contributed by atoms with Crippen molar-refractivity contribution in [3.05, 3.63) is 22.4 Å². The van der Waals surface area contributed by atoms with Gasteiger partial charge in [-0.2, -0.15) is 11.8 Å². The van der Waals surface area contributed by atoms with Crippen LogP contribution in [0.1, 0.15) is 51.1 Å². The molecular formula is C16H26N2OS2. The van der Waals surface area contributed by atoms with E-state index >= 15 is 0 Å². The molecule has 0 saturated carbocycles. The molecule has 118 valence electrons. The first-order valence-corrected chi connectivity index (χ1v) is 9.86. The normalized spacial score (nSPS) is 23.0. The number of hydrogen-bond acceptors (Lipinski definition) is 4. The Balaban J connectivity index is 2.26. The van der Waals surface area contributed by atoms with Crippen molar-refractivity contribution < 1.29 is 4.79 Å². The number of rotatable bonds is 7. The Kier molecular flexibility index (Phi) is 5.74. The highest BCUT2D eigenvalue weighted by Gasteiger charge is 2.42. The number of hydrogen-bond donors (Lipinski definition) is 1. The first kappa shape index (κ1) is 16.8. The molecule has 0 aliphatic carbocycles. The number of nitrogens with one attached hydrogen (secondary N) is 1. The molecule has 1 aromatic heterocycles. The number of nitrogens with zero attached hydrogens (tertiary/aromatic N) is 1. The van der Waals surface area contributed by atoms with Gasteiger partial charge in [0.25, 0.3) is 0 Å². The zero-order valence-corrected chi connectivity index (χ0v) is 15.0. The number of thioether (sulfide) groups is 1. The molecule has 3 nitrogen and oxygen atoms in total. The third-order valence-corrected chi connectivity index (χ3v) is 7.15. The van der Waals surface area contributed by atoms with Crippen molar-refractivity contribution in [2.24, 2.45) is 0 Å². The van der Waals surface area contributed by atoms with Crippen molar-refractivity contribution in [3.8, 4) is 0 Å². The molecule has 2 rings (SSSR count). The van der Waals surface area contributed by atoms with E-state index in [1.165, 1.54) is 4.88 Å². The lowest BCUT2D eigenvalue weighted by Crippen LogP contribution is -2.43. The maximum atomic E-state index is 12.7. The number of carbonyl (C=O) groups excluding carboxylic acids is 1. The van der Waals surface area contributed by atoms with E-state index in [9.17, 15) is 4.79 Å². The predicted octanol–water partition coefficient (Wildman–Crippen LogP) is 3.88. The highest BCUT2D eigenvalue weighted by Crippen LogP contribution is 2.37. The summed E-state index contributed by atoms with van der Waals surface area (Å²) < 4.78 is 0.162. The van der Waals surface area contributed by atoms with Crippen LogP contribution in [0.3, 0.4) is 0 Å². The van der Waals surface area contributed by atoms with Gasteiger partial charge in [-0.05, 0) is 37.0 Å². The standard InChI is InChI=1S/C16H26N2OS2/c1-5-12-15(19)18(11-16(6-2,7-3)20-4)14(17-12)13-9-8-10-21-13/h8-10,12,14,17H,5-7,11H2,1-4H3. The van der Waals surface area contributed by atoms with Crippen LogP contribution in [-0.2, 0) is 4.79 Å². The van der Waals surface area contributed by atoms with E-state index in [1.54, 1.807) is 11.3 Å². The fourth-order valence-electron chi connectivity index (χ4n) is 2.96. The molecule has 1 N–H and O–H groups in total. The Hall–Kier alpha value is -0.520. The molecule has 0 spiro atoms. The van der Waals surface area contributed by atoms with Crippen LogP contribution in [0.15, 0.2) is 17.5 Å². The number of thiophene rings is 1. The lowest BCUT2D eigenvalue weighted by atomic mass is 10.0. The summed E-state index contributed by atoms with van der Waals surface area (Å²) in [6.07, 6.45) is 5.23. The maximum Gasteiger partial charge on any atom is 0.241 e. The number of amides is 1. The van der Waals surface area contributed by atoms with E-state index in [0.717, 1.165) is 25.8 Å². The van der Waals surface area contributed by atoms with Gasteiger partial charge < -0.3 is 4.90 Å². The Bertz CT molecular complexity index is 449. The fraction of sp³-hybridized carbons (Fsp3) is 0.688. The van der Waals surface area contributed by atoms with E-state index in [-0.39, 0.29) is 22.9 Å². The second kappa shape index (κ2) is 7.16. The smallest absolute Gasteiger partial charge is 0.241 e. The van der Waals surface area contributed by atoms with Gasteiger partial charge in [-0.3, -0.25) is 10.1 Å². The van der Waals surface area contributed by atoms with Crippen LogP contribution < -0.4 is 5.32 Å². The molecule has 1 amide bonds. The molecule has 1 saturated heterocycles. The minimum Gasteiger partial charge on any atom is -0.319 e. The molecule has 2 atom stereocenters. The molecular weight excluding hydrogens is 300 g/mol. The van der Waals surface area contributed by atoms with Gasteiger partial charge >= 0.3 is 0 Å². The lowest BCUT2D eigenvalue weighted by molar-refractivity contribution is -0.130. The van der Waals surface area contributed by atoms with Gasteiger partial charge in [-0.1, -0.05) is 26.8 Å². The summed E-state index contributed by atoms with van der Waals surface area (Å²) in [4.78, 5) is 16.0. The third-order valence-electron chi connectivity index (χ3n) is 4.65. The highest BCUT2D eigenvalue weighted by molar-refractivity contribution is 8.00. The molecule has 1 aliphatic rings. The topological polar surface area (TPSA) is 32.3 Å². The summed E-state index contributed by atoms with van der Waals surface area (Å²) in [5.74, 6) is 0.260. The van der Waals surface area contributed by atoms with Crippen LogP contribution in [0.5, 0.6) is 0 Å². The van der Waals surface area contributed by atoms with Gasteiger partial charge in [-0.25, -0.2) is 0 Å². The molecule has 1 aromatic rings. The van der Waals surface area contributed by atoms with Crippen LogP contribution in [0.2, 0.25) is 0 Å². The Morgan fingerprint density at radius 3 is 2.57 bits per heavy atom. The third kappa shape index (κ3) is 3.30. The summed E-state index contributed by atoms with van der Waals surface area (Å²) in [5, 5.41) is 5.60. The monoisotopic (exact) mass is 326 g/mol. The van der Waals surface area contributed by atoms with Gasteiger partial charge in [0.2, 0.25) is 5.91 Å². The summed E-state index contributed by atoms with van der Waals surface area (Å²) in [7, 11) is 0. The van der Waals surface area contributed by atoms with Crippen LogP contribution >= 0.6 is 23.1 Å². The number of carbonyl (C=O) groups is 1. The fourth-order valence-corrected chi connectivity index (χ4v) is 4.60. The van der Waals surface area contributed by atoms with E-state index < -0.39 is 0 Å². The van der Waals surface area contributed by atoms with Gasteiger partial charge in [0.05, 0.1) is 6.04 Å². The summed E-state index contributed by atoms with van der Waals surface area (Å²) >= 11 is 3.62. The molecule has 1 aliphatic heterocycles. The largest absolute Gasteiger partial charge is 0.319 e. The van der Waals surface area contributed by atoms with E-state index in [4.69, 9.17) is 0 Å². The summed E-state index contributed by atoms with van der Waals surface area (Å²) in [6, 6.07) is 4.15. The average molecular weight is 327 g/mol. The predicted molar refractivity (Wildman–Crippen MR) is 92.8 cm³/mol. The molecule has 0 radical (unpaired) electrons. The van der Waals surface area contributed by atoms with Crippen LogP contribution in [0.25, 0.3) is 0 Å². The first-order chi connectivity index (χ1) is 10.1. The summed E-state index contributed by atoms with van der Waals surface area (Å²) in [6.45, 7) is 7.36. The van der Waals surface area contributed by atoms with Crippen molar-refractivity contribution in [2.75, 3.05) is 12.8 Å². The van der Waals surface area contributed by atoms with Crippen LogP contribution in [0, 0.1) is 0 Å². The lowest BCUT2D eigenvalue weighted by Gasteiger charge is -2.36. The van der Waals surface area contributed by atoms with Crippen LogP contribution in [-0.4, -0.2) is 34.4 Å². The SMILES string of the molecule is CCC1NC(c2cccs2)N(CC(CC)(CC)SC)C1=O. The average Bonchev–Trinajstić information content (AvgIpc) is 3.14. The van der Waals surface area contributed by atoms with Crippen molar-refractivity contribution in [3.63, 3.8) is 0 Å². The minimum absolute atomic E-state index is 0.0367. The van der Waals surface area contributed by atoms with Crippen molar-refractivity contribution in [1.82, 2.24) is 10.2 Å². The highest BCUT2D eigenvalue weighted by atomic mass is 32.2. The second-order valence-corrected chi connectivity index (χ2v) is 7.86. The summed E-state index contributed by atoms with van der Waals surface area (Å²) in [5.41, 5.74) is 0. The molecule has 2 unspecified atom stereocenters. The maximum absolute atomic E-state index is 12.7. The zero-order chi connectivity index (χ0) is 15.5. The quantitative estimate of drug-likeness (QED) is 0.825. The van der Waals surface area contributed by atoms with Crippen molar-refractivity contribution in [2.45, 2.75) is 57.0 Å². The van der Waals surface area contributed by atoms with Gasteiger partial charge in [0.1, 0.15) is 6.17 Å². The van der Waals surface area contributed by atoms with Crippen LogP contribution in [0.4, 0.5) is 0 Å². The molecule has 1 fully saturated rings. The second-order valence-electron chi connectivity index (χ2n) is 5.61. The molecule has 0 bridgehead atoms. The van der Waals surface area contributed by atoms with Gasteiger partial charge in [-0.15, -0.1) is 11.3 Å². The van der Waals surface area contributed by atoms with Gasteiger partial charge in [0.15, 0.2) is 0 Å². The van der Waals surface area contributed by atoms with Crippen molar-refractivity contribution in [1.29, 1.82) is 0 Å².